The molecule has 0 nitrogen and oxygen atoms in total. The van der Waals surface area contributed by atoms with E-state index in [1.807, 2.05) is 18.2 Å². The van der Waals surface area contributed by atoms with Crippen LogP contribution < -0.4 is 10.4 Å². The van der Waals surface area contributed by atoms with Crippen molar-refractivity contribution in [2.45, 2.75) is 6.42 Å². The Morgan fingerprint density at radius 3 is 2.71 bits per heavy atom. The van der Waals surface area contributed by atoms with Gasteiger partial charge in [0, 0.05) is 30.3 Å². The third kappa shape index (κ3) is 2.18. The van der Waals surface area contributed by atoms with Crippen molar-refractivity contribution in [2.75, 3.05) is 0 Å². The van der Waals surface area contributed by atoms with Crippen LogP contribution in [-0.2, 0) is 6.42 Å². The van der Waals surface area contributed by atoms with Crippen molar-refractivity contribution in [2.24, 2.45) is 0 Å². The molecule has 17 heavy (non-hydrogen) atoms. The molecule has 0 heteroatoms. The number of fused-ring (bicyclic) bond motifs is 1. The first kappa shape index (κ1) is 10.0. The molecule has 0 spiro atoms. The predicted octanol–water partition coefficient (Wildman–Crippen LogP) is 2.29. The molecule has 2 aromatic rings. The summed E-state index contributed by atoms with van der Waals surface area (Å²) in [4.78, 5) is 0. The Hall–Kier alpha value is -2.17. The molecule has 0 aromatic heterocycles. The number of allylic oxidation sites excluding steroid dienone is 2. The van der Waals surface area contributed by atoms with Gasteiger partial charge in [-0.25, -0.2) is 0 Å². The Labute approximate surface area is 101 Å². The number of hydrogen-bond donors (Lipinski definition) is 0. The molecule has 0 radical (unpaired) electrons. The lowest BCUT2D eigenvalue weighted by Gasteiger charge is -1.99. The van der Waals surface area contributed by atoms with Gasteiger partial charge in [-0.15, -0.1) is 0 Å². The minimum absolute atomic E-state index is 1.02. The summed E-state index contributed by atoms with van der Waals surface area (Å²) < 4.78 is 0. The standard InChI is InChI=1S/C17H13/c1-2-6-14(7-3-1)12-15-10-11-16-8-4-5-9-17(16)13-15/h1-8,10-11,13H,9H2/q+1. The van der Waals surface area contributed by atoms with Gasteiger partial charge < -0.3 is 0 Å². The summed E-state index contributed by atoms with van der Waals surface area (Å²) in [7, 11) is 0. The van der Waals surface area contributed by atoms with E-state index in [1.165, 1.54) is 10.8 Å². The molecule has 0 atom stereocenters. The van der Waals surface area contributed by atoms with Crippen LogP contribution in [0.3, 0.4) is 0 Å². The fourth-order valence-corrected chi connectivity index (χ4v) is 2.08. The zero-order chi connectivity index (χ0) is 11.5. The summed E-state index contributed by atoms with van der Waals surface area (Å²) in [6, 6.07) is 16.8. The van der Waals surface area contributed by atoms with Crippen molar-refractivity contribution in [3.8, 4) is 0 Å². The third-order valence-corrected chi connectivity index (χ3v) is 2.96. The molecule has 2 aromatic carbocycles. The molecule has 1 aliphatic carbocycles. The minimum atomic E-state index is 1.02. The fraction of sp³-hybridized carbons (Fsp3) is 0.0588. The molecular formula is C17H13+. The summed E-state index contributed by atoms with van der Waals surface area (Å²) >= 11 is 0. The maximum atomic E-state index is 3.42. The fourth-order valence-electron chi connectivity index (χ4n) is 2.08. The lowest BCUT2D eigenvalue weighted by molar-refractivity contribution is 1.22. The van der Waals surface area contributed by atoms with Gasteiger partial charge in [-0.2, -0.15) is 0 Å². The molecule has 0 unspecified atom stereocenters. The second kappa shape index (κ2) is 4.37. The molecule has 0 saturated heterocycles. The van der Waals surface area contributed by atoms with Crippen molar-refractivity contribution in [3.05, 3.63) is 82.2 Å². The summed E-state index contributed by atoms with van der Waals surface area (Å²) in [6.07, 6.45) is 10.9. The minimum Gasteiger partial charge on any atom is -0.0794 e. The summed E-state index contributed by atoms with van der Waals surface area (Å²) in [5.41, 5.74) is 2.51. The molecule has 1 aliphatic rings. The van der Waals surface area contributed by atoms with E-state index < -0.39 is 0 Å². The lowest BCUT2D eigenvalue weighted by atomic mass is 10.0. The summed E-state index contributed by atoms with van der Waals surface area (Å²) in [5, 5.41) is 2.48. The average molecular weight is 217 g/mol. The van der Waals surface area contributed by atoms with E-state index in [2.05, 4.69) is 54.6 Å². The van der Waals surface area contributed by atoms with E-state index in [4.69, 9.17) is 0 Å². The zero-order valence-corrected chi connectivity index (χ0v) is 9.56. The van der Waals surface area contributed by atoms with E-state index in [1.54, 1.807) is 0 Å². The molecule has 0 bridgehead atoms. The monoisotopic (exact) mass is 217 g/mol. The van der Waals surface area contributed by atoms with E-state index in [9.17, 15) is 0 Å². The van der Waals surface area contributed by atoms with Crippen molar-refractivity contribution >= 4 is 12.2 Å². The molecular weight excluding hydrogens is 204 g/mol. The highest BCUT2D eigenvalue weighted by atomic mass is 14.0. The highest BCUT2D eigenvalue weighted by Gasteiger charge is 2.01. The summed E-state index contributed by atoms with van der Waals surface area (Å²) in [6.45, 7) is 0. The Bertz CT molecular complexity index is 661. The molecule has 0 heterocycles. The number of benzene rings is 2. The van der Waals surface area contributed by atoms with Crippen LogP contribution in [0.5, 0.6) is 0 Å². The molecule has 0 amide bonds. The first-order valence-corrected chi connectivity index (χ1v) is 5.87. The third-order valence-electron chi connectivity index (χ3n) is 2.96. The van der Waals surface area contributed by atoms with Crippen molar-refractivity contribution < 1.29 is 0 Å². The molecule has 0 saturated carbocycles. The van der Waals surface area contributed by atoms with Gasteiger partial charge in [-0.05, 0) is 41.5 Å². The quantitative estimate of drug-likeness (QED) is 0.643. The van der Waals surface area contributed by atoms with Gasteiger partial charge in [0.1, 0.15) is 10.8 Å². The van der Waals surface area contributed by atoms with Gasteiger partial charge >= 0.3 is 0 Å². The second-order valence-corrected chi connectivity index (χ2v) is 4.20. The molecule has 3 rings (SSSR count). The van der Waals surface area contributed by atoms with Crippen molar-refractivity contribution in [1.29, 1.82) is 0 Å². The Morgan fingerprint density at radius 1 is 0.941 bits per heavy atom. The van der Waals surface area contributed by atoms with Crippen LogP contribution in [-0.4, -0.2) is 0 Å². The van der Waals surface area contributed by atoms with Crippen LogP contribution in [0.25, 0.3) is 12.2 Å². The predicted molar refractivity (Wildman–Crippen MR) is 72.0 cm³/mol. The maximum Gasteiger partial charge on any atom is 0.122 e. The molecule has 0 fully saturated rings. The zero-order valence-electron chi connectivity index (χ0n) is 9.56. The Morgan fingerprint density at radius 2 is 1.82 bits per heavy atom. The van der Waals surface area contributed by atoms with Crippen LogP contribution in [0.4, 0.5) is 0 Å². The largest absolute Gasteiger partial charge is 0.122 e. The average Bonchev–Trinajstić information content (AvgIpc) is 2.40. The molecule has 0 aliphatic heterocycles. The number of rotatable bonds is 1. The van der Waals surface area contributed by atoms with Gasteiger partial charge in [0.25, 0.3) is 0 Å². The summed E-state index contributed by atoms with van der Waals surface area (Å²) in [5.74, 6) is 0. The van der Waals surface area contributed by atoms with Gasteiger partial charge in [0.15, 0.2) is 0 Å². The van der Waals surface area contributed by atoms with E-state index in [0.29, 0.717) is 0 Å². The van der Waals surface area contributed by atoms with E-state index >= 15 is 0 Å². The van der Waals surface area contributed by atoms with Crippen LogP contribution in [0, 0.1) is 0 Å². The van der Waals surface area contributed by atoms with E-state index in [-0.39, 0.29) is 0 Å². The topological polar surface area (TPSA) is 0 Å². The van der Waals surface area contributed by atoms with Gasteiger partial charge in [-0.1, -0.05) is 18.2 Å². The number of hydrogen-bond acceptors (Lipinski definition) is 0. The normalized spacial score (nSPS) is 13.8. The first-order chi connectivity index (χ1) is 8.42. The van der Waals surface area contributed by atoms with Crippen LogP contribution in [0.15, 0.2) is 60.7 Å². The Balaban J connectivity index is 2.09. The first-order valence-electron chi connectivity index (χ1n) is 5.87. The smallest absolute Gasteiger partial charge is 0.0794 e. The lowest BCUT2D eigenvalue weighted by Crippen LogP contribution is -2.15. The van der Waals surface area contributed by atoms with Crippen LogP contribution >= 0.6 is 0 Å². The molecule has 0 N–H and O–H groups in total. The van der Waals surface area contributed by atoms with Crippen LogP contribution in [0.2, 0.25) is 0 Å². The van der Waals surface area contributed by atoms with E-state index in [0.717, 1.165) is 17.2 Å². The highest BCUT2D eigenvalue weighted by molar-refractivity contribution is 5.51. The van der Waals surface area contributed by atoms with Crippen LogP contribution in [0.1, 0.15) is 11.1 Å². The van der Waals surface area contributed by atoms with Gasteiger partial charge in [0.2, 0.25) is 0 Å². The van der Waals surface area contributed by atoms with Crippen molar-refractivity contribution in [3.63, 3.8) is 0 Å². The van der Waals surface area contributed by atoms with Gasteiger partial charge in [0.05, 0.1) is 0 Å². The van der Waals surface area contributed by atoms with Crippen molar-refractivity contribution in [1.82, 2.24) is 0 Å². The van der Waals surface area contributed by atoms with Gasteiger partial charge in [-0.3, -0.25) is 0 Å². The maximum absolute atomic E-state index is 3.42. The Kier molecular flexibility index (Phi) is 2.57. The highest BCUT2D eigenvalue weighted by Crippen LogP contribution is 2.00. The second-order valence-electron chi connectivity index (χ2n) is 4.20. The molecule has 80 valence electrons. The SMILES string of the molecule is [C+](c1ccccc1)=c1ccc2c(c1)CC=CC=2.